The van der Waals surface area contributed by atoms with Crippen molar-refractivity contribution in [3.63, 3.8) is 0 Å². The van der Waals surface area contributed by atoms with Gasteiger partial charge >= 0.3 is 23.9 Å². The minimum Gasteiger partial charge on any atom is -0.461 e. The fourth-order valence-corrected chi connectivity index (χ4v) is 16.2. The van der Waals surface area contributed by atoms with Crippen LogP contribution >= 0.6 is 18.8 Å². The van der Waals surface area contributed by atoms with E-state index < -0.39 is 70.6 Å². The maximum absolute atomic E-state index is 13.8. The third-order valence-corrected chi connectivity index (χ3v) is 23.6. The van der Waals surface area contributed by atoms with Gasteiger partial charge in [-0.1, -0.05) is 115 Å². The summed E-state index contributed by atoms with van der Waals surface area (Å²) in [4.78, 5) is 103. The molecule has 703 valence electrons. The number of primary amides is 1. The van der Waals surface area contributed by atoms with Gasteiger partial charge in [-0.15, -0.1) is 0 Å². The van der Waals surface area contributed by atoms with Crippen LogP contribution in [-0.2, 0) is 93.6 Å². The van der Waals surface area contributed by atoms with Gasteiger partial charge in [0.25, 0.3) is 11.8 Å². The molecule has 12 N–H and O–H groups in total. The molecule has 4 aliphatic rings. The zero-order valence-electron chi connectivity index (χ0n) is 74.9. The number of para-hydroxylation sites is 4. The summed E-state index contributed by atoms with van der Waals surface area (Å²) in [6.07, 6.45) is 10.7. The monoisotopic (exact) mass is 1890 g/mol. The average molecular weight is 1890 g/mol. The molecule has 9 aromatic rings. The van der Waals surface area contributed by atoms with Crippen molar-refractivity contribution in [1.82, 2.24) is 40.7 Å². The van der Waals surface area contributed by atoms with E-state index in [0.717, 1.165) is 29.5 Å². The Morgan fingerprint density at radius 1 is 0.496 bits per heavy atom. The van der Waals surface area contributed by atoms with E-state index in [0.29, 0.717) is 110 Å². The van der Waals surface area contributed by atoms with Crippen LogP contribution in [0.25, 0.3) is 22.1 Å². The Bertz CT molecular complexity index is 5320. The van der Waals surface area contributed by atoms with Crippen molar-refractivity contribution >= 4 is 82.4 Å². The number of nitrogens with two attached hydrogens (primary N) is 2. The van der Waals surface area contributed by atoms with Crippen LogP contribution in [-0.4, -0.2) is 159 Å². The average Bonchev–Trinajstić information content (AvgIpc) is 1.69. The molecule has 1 radical (unpaired) electrons. The first-order chi connectivity index (χ1) is 61.6. The Balaban J connectivity index is 0.000000207. The van der Waals surface area contributed by atoms with Crippen molar-refractivity contribution in [3.8, 4) is 0 Å². The van der Waals surface area contributed by atoms with Crippen LogP contribution in [0.3, 0.4) is 0 Å². The number of aromatic nitrogens is 4. The summed E-state index contributed by atoms with van der Waals surface area (Å²) in [7, 11) is 4.91. The normalized spacial score (nSPS) is 19.2. The second kappa shape index (κ2) is 50.8. The predicted octanol–water partition coefficient (Wildman–Crippen LogP) is 13.5. The molecule has 16 atom stereocenters. The number of aliphatic hydroxyl groups excluding tert-OH is 1. The van der Waals surface area contributed by atoms with Crippen molar-refractivity contribution in [2.75, 3.05) is 0 Å². The summed E-state index contributed by atoms with van der Waals surface area (Å²) < 4.78 is 88.8. The number of carbonyl (C=O) groups excluding carboxylic acids is 7. The molecule has 7 aromatic carbocycles. The minimum atomic E-state index is -1.17. The van der Waals surface area contributed by atoms with Crippen molar-refractivity contribution in [2.45, 2.75) is 248 Å². The Kier molecular flexibility index (Phi) is 41.3. The number of carbonyl (C=O) groups is 7. The molecular weight excluding hydrogens is 1770 g/mol. The van der Waals surface area contributed by atoms with Gasteiger partial charge in [0.1, 0.15) is 64.9 Å². The minimum absolute atomic E-state index is 0. The molecule has 0 aliphatic carbocycles. The number of rotatable bonds is 35. The molecule has 4 fully saturated rings. The molecule has 4 aliphatic heterocycles. The van der Waals surface area contributed by atoms with E-state index in [1.54, 1.807) is 108 Å². The number of allylic oxidation sites excluding steroid dienone is 2. The molecule has 33 heteroatoms. The topological polar surface area (TPSA) is 389 Å². The van der Waals surface area contributed by atoms with Gasteiger partial charge < -0.3 is 61.5 Å². The van der Waals surface area contributed by atoms with Crippen LogP contribution < -0.4 is 32.3 Å². The van der Waals surface area contributed by atoms with E-state index in [9.17, 15) is 75.9 Å². The van der Waals surface area contributed by atoms with Gasteiger partial charge in [0.15, 0.2) is 0 Å². The Morgan fingerprint density at radius 3 is 1.27 bits per heavy atom. The van der Waals surface area contributed by atoms with E-state index in [4.69, 9.17) is 30.4 Å². The second-order valence-corrected chi connectivity index (χ2v) is 36.5. The number of esters is 4. The molecule has 0 spiro atoms. The van der Waals surface area contributed by atoms with Gasteiger partial charge in [-0.2, -0.15) is 0 Å². The first-order valence-corrected chi connectivity index (χ1v) is 44.8. The van der Waals surface area contributed by atoms with Crippen molar-refractivity contribution in [3.05, 3.63) is 262 Å². The summed E-state index contributed by atoms with van der Waals surface area (Å²) in [5.41, 5.74) is 16.7. The third-order valence-electron chi connectivity index (χ3n) is 22.8. The van der Waals surface area contributed by atoms with Crippen LogP contribution in [0.5, 0.6) is 0 Å². The van der Waals surface area contributed by atoms with E-state index >= 15 is 0 Å². The summed E-state index contributed by atoms with van der Waals surface area (Å²) >= 11 is 0. The van der Waals surface area contributed by atoms with Gasteiger partial charge in [-0.25, -0.2) is 31.9 Å². The smallest absolute Gasteiger partial charge is 0.309 e. The Labute approximate surface area is 778 Å². The fourth-order valence-electron chi connectivity index (χ4n) is 15.6. The number of ether oxygens (including phenoxy) is 4. The van der Waals surface area contributed by atoms with Crippen molar-refractivity contribution in [2.24, 2.45) is 35.1 Å². The van der Waals surface area contributed by atoms with Crippen LogP contribution in [0.4, 0.5) is 22.0 Å². The zero-order chi connectivity index (χ0) is 94.6. The predicted molar refractivity (Wildman–Crippen MR) is 490 cm³/mol. The van der Waals surface area contributed by atoms with Crippen molar-refractivity contribution in [1.29, 1.82) is 0 Å². The maximum Gasteiger partial charge on any atom is 0.309 e. The molecule has 2 aromatic heterocycles. The number of amides is 3. The molecule has 4 saturated heterocycles. The van der Waals surface area contributed by atoms with Gasteiger partial charge in [0.05, 0.1) is 99.3 Å². The quantitative estimate of drug-likeness (QED) is 0.00580. The summed E-state index contributed by atoms with van der Waals surface area (Å²) in [6, 6.07) is 43.8. The molecule has 131 heavy (non-hydrogen) atoms. The SMILES string of the molecule is CC(C)(O)CC[C@@H]1CC([C@@H](N)Cc2cccc(F)c2)OC1=O.CC(C)(O)CC[C@@H]1CC([C@H](Cc2cccc(F)c2)NC(=O)c2cnc3ccccc3n2)OC1=O.CC(C)(O)CC[C@H](C[C@H](O)[C@H](Cc1cccc(F)c1)NC(=O)c1cnc2ccccc2n1)C(N)=O.CC(C)=CC[C@@H]1CC([C@H](Cc2cccc(F)c2)NP)OC1=O.O=C1CCC([C@H](Cc2cccc(F)c2)NP)O1.[V]. The van der Waals surface area contributed by atoms with Crippen LogP contribution in [0.1, 0.15) is 188 Å². The van der Waals surface area contributed by atoms with Gasteiger partial charge in [-0.3, -0.25) is 53.7 Å². The number of nitrogens with one attached hydrogen (secondary N) is 4. The number of hydrogen-bond donors (Lipinski definition) is 10. The molecule has 3 amide bonds. The molecule has 6 heterocycles. The molecular formula is C98H121F5N10O15P2V. The Morgan fingerprint density at radius 2 is 0.870 bits per heavy atom. The number of benzene rings is 7. The summed E-state index contributed by atoms with van der Waals surface area (Å²) in [5, 5.41) is 52.7. The second-order valence-electron chi connectivity index (χ2n) is 35.8. The Hall–Kier alpha value is -9.94. The number of nitrogens with zero attached hydrogens (tertiary/aromatic N) is 4. The first kappa shape index (κ1) is 106. The molecule has 0 bridgehead atoms. The van der Waals surface area contributed by atoms with E-state index in [-0.39, 0.29) is 157 Å². The van der Waals surface area contributed by atoms with Gasteiger partial charge in [-0.05, 0) is 277 Å². The van der Waals surface area contributed by atoms with Crippen molar-refractivity contribution < 1.29 is 113 Å². The number of hydrogen-bond acceptors (Lipinski definition) is 22. The van der Waals surface area contributed by atoms with Crippen LogP contribution in [0.15, 0.2) is 194 Å². The third kappa shape index (κ3) is 35.8. The summed E-state index contributed by atoms with van der Waals surface area (Å²) in [6.45, 7) is 14.1. The molecule has 13 rings (SSSR count). The van der Waals surface area contributed by atoms with Crippen LogP contribution in [0, 0.1) is 52.8 Å². The van der Waals surface area contributed by atoms with E-state index in [1.807, 2.05) is 56.3 Å². The number of aliphatic hydroxyl groups is 4. The molecule has 6 unspecified atom stereocenters. The number of fused-ring (bicyclic) bond motifs is 2. The fraction of sp³-hybridized carbons (Fsp3) is 0.439. The number of cyclic esters (lactones) is 4. The van der Waals surface area contributed by atoms with Gasteiger partial charge in [0, 0.05) is 36.9 Å². The van der Waals surface area contributed by atoms with Crippen LogP contribution in [0.2, 0.25) is 0 Å². The standard InChI is InChI=1S/C26H31FN4O4.C26H28FN3O4.C17H24FNO3.C17H23FNO2P.C12H15FNO2P.V/c1-26(2,35)11-10-17(24(28)33)14-23(32)21(13-16-6-5-7-18(27)12-16)31-25(34)22-15-29-19-8-3-4-9-20(19)30-22;1-26(2,33)11-10-17-14-23(34-25(17)32)21(13-16-6-5-7-18(27)12-16)30-24(31)22-15-28-19-8-3-4-9-20(19)29-22;1-17(2,21)7-6-12-10-15(22-16(12)20)14(19)9-11-4-3-5-13(18)8-11;1-11(2)6-7-13-10-16(21-17(13)20)15(19-22)9-12-4-3-5-14(18)8-12;13-9-3-1-2-8(6-9)7-10(14-17)11-4-5-12(15)16-11;/h3-9,12,15,17,21,23,32,35H,10-11,13-14H2,1-2H3,(H2,28,33)(H,31,34);3-9,12,15,17,21,23,33H,10-11,13-14H2,1-2H3,(H,30,31);3-5,8,12,14-15,21H,6-7,9-10,19H2,1-2H3;3-6,8,13,15-16,19H,7,9-10,22H2,1-2H3;1-3,6,10-11,14H,4-5,7,17H2;/t17-,21+,23+;17-,21+,23?;12-,14+,15?;13-,15+,16?;10-,11?;/m11110./s1. The first-order valence-electron chi connectivity index (χ1n) is 43.7. The molecule has 25 nitrogen and oxygen atoms in total. The number of halogens is 5. The maximum atomic E-state index is 13.8. The largest absolute Gasteiger partial charge is 0.461 e. The summed E-state index contributed by atoms with van der Waals surface area (Å²) in [5.74, 6) is -5.48. The van der Waals surface area contributed by atoms with E-state index in [2.05, 4.69) is 65.6 Å². The van der Waals surface area contributed by atoms with E-state index in [1.165, 1.54) is 78.6 Å². The zero-order valence-corrected chi connectivity index (χ0v) is 78.6. The van der Waals surface area contributed by atoms with Gasteiger partial charge in [0.2, 0.25) is 5.91 Å². The molecule has 0 saturated carbocycles.